The van der Waals surface area contributed by atoms with E-state index in [4.69, 9.17) is 0 Å². The lowest BCUT2D eigenvalue weighted by Gasteiger charge is -2.23. The van der Waals surface area contributed by atoms with Gasteiger partial charge < -0.3 is 9.88 Å². The van der Waals surface area contributed by atoms with Crippen molar-refractivity contribution in [3.8, 4) is 0 Å². The van der Waals surface area contributed by atoms with Crippen molar-refractivity contribution >= 4 is 15.7 Å². The Morgan fingerprint density at radius 3 is 2.89 bits per heavy atom. The molecule has 1 N–H and O–H groups in total. The van der Waals surface area contributed by atoms with E-state index in [-0.39, 0.29) is 23.5 Å². The Balaban J connectivity index is 1.85. The van der Waals surface area contributed by atoms with Gasteiger partial charge in [0.15, 0.2) is 9.84 Å². The maximum atomic E-state index is 12.0. The highest BCUT2D eigenvalue weighted by Gasteiger charge is 2.32. The van der Waals surface area contributed by atoms with E-state index in [0.29, 0.717) is 19.3 Å². The largest absolute Gasteiger partial charge is 0.365 e. The number of nitrogens with one attached hydrogen (secondary N) is 1. The van der Waals surface area contributed by atoms with E-state index >= 15 is 0 Å². The minimum absolute atomic E-state index is 0.00620. The second-order valence-corrected chi connectivity index (χ2v) is 6.99. The zero-order chi connectivity index (χ0) is 13.2. The summed E-state index contributed by atoms with van der Waals surface area (Å²) in [7, 11) is -1.24. The molecule has 18 heavy (non-hydrogen) atoms. The molecule has 1 atom stereocenters. The van der Waals surface area contributed by atoms with Crippen LogP contribution < -0.4 is 0 Å². The molecule has 1 aromatic heterocycles. The lowest BCUT2D eigenvalue weighted by atomic mass is 10.2. The minimum atomic E-state index is -2.93. The first-order valence-corrected chi connectivity index (χ1v) is 7.88. The second kappa shape index (κ2) is 5.14. The highest BCUT2D eigenvalue weighted by molar-refractivity contribution is 7.91. The Labute approximate surface area is 107 Å². The maximum absolute atomic E-state index is 12.0. The zero-order valence-corrected chi connectivity index (χ0v) is 11.2. The summed E-state index contributed by atoms with van der Waals surface area (Å²) in [6, 6.07) is 3.69. The number of amides is 1. The van der Waals surface area contributed by atoms with Gasteiger partial charge in [0, 0.05) is 31.4 Å². The van der Waals surface area contributed by atoms with Crippen LogP contribution >= 0.6 is 0 Å². The van der Waals surface area contributed by atoms with Crippen LogP contribution in [0.15, 0.2) is 18.3 Å². The van der Waals surface area contributed by atoms with Crippen LogP contribution in [0, 0.1) is 0 Å². The number of aromatic amines is 1. The smallest absolute Gasteiger partial charge is 0.222 e. The average Bonchev–Trinajstić information content (AvgIpc) is 2.94. The van der Waals surface area contributed by atoms with Gasteiger partial charge in [-0.2, -0.15) is 0 Å². The molecule has 0 spiro atoms. The molecule has 1 fully saturated rings. The van der Waals surface area contributed by atoms with Gasteiger partial charge in [0.25, 0.3) is 0 Å². The topological polar surface area (TPSA) is 70.2 Å². The Kier molecular flexibility index (Phi) is 3.75. The quantitative estimate of drug-likeness (QED) is 0.870. The number of aryl methyl sites for hydroxylation is 1. The summed E-state index contributed by atoms with van der Waals surface area (Å²) in [6.07, 6.45) is 3.46. The summed E-state index contributed by atoms with van der Waals surface area (Å²) in [4.78, 5) is 16.6. The molecule has 2 heterocycles. The molecule has 1 aliphatic heterocycles. The predicted octanol–water partition coefficient (Wildman–Crippen LogP) is 0.593. The van der Waals surface area contributed by atoms with E-state index in [1.54, 1.807) is 11.9 Å². The van der Waals surface area contributed by atoms with Crippen molar-refractivity contribution in [2.75, 3.05) is 18.6 Å². The van der Waals surface area contributed by atoms with Crippen LogP contribution in [0.3, 0.4) is 0 Å². The summed E-state index contributed by atoms with van der Waals surface area (Å²) in [5, 5.41) is 0. The lowest BCUT2D eigenvalue weighted by molar-refractivity contribution is -0.131. The average molecular weight is 270 g/mol. The lowest BCUT2D eigenvalue weighted by Crippen LogP contribution is -2.37. The molecule has 1 aromatic rings. The van der Waals surface area contributed by atoms with Gasteiger partial charge in [0.1, 0.15) is 0 Å². The van der Waals surface area contributed by atoms with Gasteiger partial charge in [-0.05, 0) is 25.0 Å². The van der Waals surface area contributed by atoms with E-state index in [1.165, 1.54) is 0 Å². The van der Waals surface area contributed by atoms with Crippen molar-refractivity contribution in [3.05, 3.63) is 24.0 Å². The zero-order valence-electron chi connectivity index (χ0n) is 10.4. The van der Waals surface area contributed by atoms with E-state index < -0.39 is 9.84 Å². The molecule has 0 radical (unpaired) electrons. The second-order valence-electron chi connectivity index (χ2n) is 4.76. The fourth-order valence-corrected chi connectivity index (χ4v) is 4.00. The molecular formula is C12H18N2O3S. The third-order valence-corrected chi connectivity index (χ3v) is 5.17. The fourth-order valence-electron chi connectivity index (χ4n) is 2.23. The molecule has 5 nitrogen and oxygen atoms in total. The van der Waals surface area contributed by atoms with E-state index in [2.05, 4.69) is 4.98 Å². The van der Waals surface area contributed by atoms with Crippen LogP contribution in [0.4, 0.5) is 0 Å². The first-order chi connectivity index (χ1) is 8.48. The van der Waals surface area contributed by atoms with Gasteiger partial charge in [0.2, 0.25) is 5.91 Å². The Hall–Kier alpha value is -1.30. The van der Waals surface area contributed by atoms with Crippen molar-refractivity contribution in [2.45, 2.75) is 25.3 Å². The Morgan fingerprint density at radius 1 is 1.56 bits per heavy atom. The van der Waals surface area contributed by atoms with Crippen molar-refractivity contribution in [2.24, 2.45) is 0 Å². The number of nitrogens with zero attached hydrogens (tertiary/aromatic N) is 1. The number of rotatable bonds is 4. The van der Waals surface area contributed by atoms with Crippen LogP contribution in [0.1, 0.15) is 18.5 Å². The van der Waals surface area contributed by atoms with Crippen molar-refractivity contribution < 1.29 is 13.2 Å². The number of carbonyl (C=O) groups is 1. The standard InChI is InChI=1S/C12H18N2O3S/c1-14(11-6-8-18(16,17)9-11)12(15)5-4-10-3-2-7-13-10/h2-3,7,11,13H,4-6,8-9H2,1H3. The van der Waals surface area contributed by atoms with Crippen LogP contribution in [0.25, 0.3) is 0 Å². The van der Waals surface area contributed by atoms with E-state index in [0.717, 1.165) is 5.69 Å². The molecule has 0 bridgehead atoms. The maximum Gasteiger partial charge on any atom is 0.222 e. The first kappa shape index (κ1) is 13.1. The fraction of sp³-hybridized carbons (Fsp3) is 0.583. The molecule has 2 rings (SSSR count). The van der Waals surface area contributed by atoms with Gasteiger partial charge >= 0.3 is 0 Å². The van der Waals surface area contributed by atoms with Gasteiger partial charge in [0.05, 0.1) is 11.5 Å². The van der Waals surface area contributed by atoms with Crippen molar-refractivity contribution in [3.63, 3.8) is 0 Å². The first-order valence-electron chi connectivity index (χ1n) is 6.06. The summed E-state index contributed by atoms with van der Waals surface area (Å²) in [5.41, 5.74) is 1.02. The molecule has 0 aliphatic carbocycles. The molecule has 6 heteroatoms. The van der Waals surface area contributed by atoms with Gasteiger partial charge in [-0.3, -0.25) is 4.79 Å². The number of hydrogen-bond acceptors (Lipinski definition) is 3. The number of H-pyrrole nitrogens is 1. The minimum Gasteiger partial charge on any atom is -0.365 e. The van der Waals surface area contributed by atoms with Gasteiger partial charge in [-0.1, -0.05) is 0 Å². The summed E-state index contributed by atoms with van der Waals surface area (Å²) in [5.74, 6) is 0.315. The molecule has 100 valence electrons. The molecule has 0 saturated carbocycles. The third-order valence-electron chi connectivity index (χ3n) is 3.42. The van der Waals surface area contributed by atoms with Crippen LogP contribution in [-0.4, -0.2) is 48.8 Å². The molecule has 1 amide bonds. The Morgan fingerprint density at radius 2 is 2.33 bits per heavy atom. The predicted molar refractivity (Wildman–Crippen MR) is 68.9 cm³/mol. The summed E-state index contributed by atoms with van der Waals surface area (Å²) >= 11 is 0. The molecule has 1 aliphatic rings. The molecule has 1 saturated heterocycles. The van der Waals surface area contributed by atoms with Crippen molar-refractivity contribution in [1.29, 1.82) is 0 Å². The number of carbonyl (C=O) groups excluding carboxylic acids is 1. The number of sulfone groups is 1. The van der Waals surface area contributed by atoms with Crippen LogP contribution in [0.2, 0.25) is 0 Å². The molecular weight excluding hydrogens is 252 g/mol. The van der Waals surface area contributed by atoms with E-state index in [9.17, 15) is 13.2 Å². The Bertz CT molecular complexity index is 507. The highest BCUT2D eigenvalue weighted by atomic mass is 32.2. The van der Waals surface area contributed by atoms with Crippen molar-refractivity contribution in [1.82, 2.24) is 9.88 Å². The van der Waals surface area contributed by atoms with Crippen LogP contribution in [0.5, 0.6) is 0 Å². The monoisotopic (exact) mass is 270 g/mol. The van der Waals surface area contributed by atoms with Gasteiger partial charge in [-0.25, -0.2) is 8.42 Å². The summed E-state index contributed by atoms with van der Waals surface area (Å²) < 4.78 is 22.7. The van der Waals surface area contributed by atoms with Gasteiger partial charge in [-0.15, -0.1) is 0 Å². The number of hydrogen-bond donors (Lipinski definition) is 1. The SMILES string of the molecule is CN(C(=O)CCc1ccc[nH]1)C1CCS(=O)(=O)C1. The number of aromatic nitrogens is 1. The third kappa shape index (κ3) is 3.13. The molecule has 1 unspecified atom stereocenters. The van der Waals surface area contributed by atoms with E-state index in [1.807, 2.05) is 18.3 Å². The van der Waals surface area contributed by atoms with Crippen LogP contribution in [-0.2, 0) is 21.1 Å². The summed E-state index contributed by atoms with van der Waals surface area (Å²) in [6.45, 7) is 0. The highest BCUT2D eigenvalue weighted by Crippen LogP contribution is 2.17. The molecule has 0 aromatic carbocycles. The normalized spacial score (nSPS) is 21.9.